The molecule has 0 atom stereocenters. The first-order valence-electron chi connectivity index (χ1n) is 6.06. The number of carbonyl (C=O) groups is 3. The summed E-state index contributed by atoms with van der Waals surface area (Å²) in [6.07, 6.45) is 3.73. The van der Waals surface area contributed by atoms with Crippen LogP contribution in [0.5, 0.6) is 0 Å². The fourth-order valence-corrected chi connectivity index (χ4v) is 1.66. The summed E-state index contributed by atoms with van der Waals surface area (Å²) in [4.78, 5) is 34.7. The standard InChI is InChI=1S/C11H17ClN4O4/c12-11(13,14)20-10(19)15-6-2-1-3-7-16-8(17)4-5-9(16)18/h4-5H,1-3,6-7,13-14H2,(H,15,19). The van der Waals surface area contributed by atoms with E-state index in [0.717, 1.165) is 6.42 Å². The highest BCUT2D eigenvalue weighted by molar-refractivity contribution is 6.22. The minimum atomic E-state index is -2.02. The van der Waals surface area contributed by atoms with Crippen LogP contribution in [0.1, 0.15) is 19.3 Å². The van der Waals surface area contributed by atoms with E-state index in [1.165, 1.54) is 17.1 Å². The molecule has 0 spiro atoms. The fraction of sp³-hybridized carbons (Fsp3) is 0.545. The molecule has 0 fully saturated rings. The average molecular weight is 305 g/mol. The first-order valence-corrected chi connectivity index (χ1v) is 6.44. The van der Waals surface area contributed by atoms with E-state index in [4.69, 9.17) is 23.1 Å². The predicted octanol–water partition coefficient (Wildman–Crippen LogP) is -0.425. The Kier molecular flexibility index (Phi) is 5.93. The second-order valence-electron chi connectivity index (χ2n) is 4.24. The molecule has 1 aliphatic heterocycles. The first-order chi connectivity index (χ1) is 9.29. The monoisotopic (exact) mass is 304 g/mol. The lowest BCUT2D eigenvalue weighted by atomic mass is 10.2. The summed E-state index contributed by atoms with van der Waals surface area (Å²) in [5, 5.41) is 0.399. The summed E-state index contributed by atoms with van der Waals surface area (Å²) >= 11 is 5.29. The second kappa shape index (κ2) is 7.22. The van der Waals surface area contributed by atoms with Crippen molar-refractivity contribution in [3.05, 3.63) is 12.2 Å². The smallest absolute Gasteiger partial charge is 0.399 e. The summed E-state index contributed by atoms with van der Waals surface area (Å²) in [5.41, 5.74) is 10.1. The molecule has 0 saturated carbocycles. The molecule has 0 aliphatic carbocycles. The van der Waals surface area contributed by atoms with E-state index < -0.39 is 11.4 Å². The van der Waals surface area contributed by atoms with Crippen LogP contribution in [0, 0.1) is 0 Å². The van der Waals surface area contributed by atoms with E-state index in [0.29, 0.717) is 25.9 Å². The van der Waals surface area contributed by atoms with E-state index in [-0.39, 0.29) is 11.8 Å². The number of carbonyl (C=O) groups excluding carboxylic acids is 3. The SMILES string of the molecule is NC(N)(Cl)OC(=O)NCCCCCN1C(=O)C=CC1=O. The molecule has 1 aliphatic rings. The molecule has 1 heterocycles. The summed E-state index contributed by atoms with van der Waals surface area (Å²) in [7, 11) is 0. The third-order valence-electron chi connectivity index (χ3n) is 2.48. The van der Waals surface area contributed by atoms with Crippen molar-refractivity contribution in [1.82, 2.24) is 10.2 Å². The van der Waals surface area contributed by atoms with Gasteiger partial charge in [-0.3, -0.25) is 26.0 Å². The molecule has 0 aromatic carbocycles. The van der Waals surface area contributed by atoms with Crippen molar-refractivity contribution >= 4 is 29.5 Å². The third kappa shape index (κ3) is 6.00. The Morgan fingerprint density at radius 1 is 1.25 bits per heavy atom. The van der Waals surface area contributed by atoms with Gasteiger partial charge in [-0.05, 0) is 30.9 Å². The maximum absolute atomic E-state index is 11.2. The van der Waals surface area contributed by atoms with Crippen LogP contribution in [0.15, 0.2) is 12.2 Å². The van der Waals surface area contributed by atoms with Crippen molar-refractivity contribution in [1.29, 1.82) is 0 Å². The van der Waals surface area contributed by atoms with Crippen molar-refractivity contribution in [3.8, 4) is 0 Å². The largest absolute Gasteiger partial charge is 0.410 e. The van der Waals surface area contributed by atoms with Gasteiger partial charge in [0.05, 0.1) is 0 Å². The Hall–Kier alpha value is -1.64. The van der Waals surface area contributed by atoms with Crippen LogP contribution >= 0.6 is 11.6 Å². The molecule has 9 heteroatoms. The highest BCUT2D eigenvalue weighted by Crippen LogP contribution is 2.06. The molecule has 1 rings (SSSR count). The molecule has 0 radical (unpaired) electrons. The zero-order valence-electron chi connectivity index (χ0n) is 10.8. The number of imide groups is 1. The number of unbranched alkanes of at least 4 members (excludes halogenated alkanes) is 2. The minimum Gasteiger partial charge on any atom is -0.399 e. The zero-order chi connectivity index (χ0) is 15.2. The van der Waals surface area contributed by atoms with Gasteiger partial charge in [-0.25, -0.2) is 4.79 Å². The van der Waals surface area contributed by atoms with Gasteiger partial charge in [0.2, 0.25) is 0 Å². The van der Waals surface area contributed by atoms with E-state index in [1.807, 2.05) is 0 Å². The third-order valence-corrected chi connectivity index (χ3v) is 2.55. The highest BCUT2D eigenvalue weighted by atomic mass is 35.5. The Morgan fingerprint density at radius 3 is 2.40 bits per heavy atom. The minimum absolute atomic E-state index is 0.291. The maximum Gasteiger partial charge on any atom is 0.410 e. The molecule has 0 aromatic heterocycles. The van der Waals surface area contributed by atoms with Crippen LogP contribution < -0.4 is 16.8 Å². The molecule has 0 unspecified atom stereocenters. The van der Waals surface area contributed by atoms with Gasteiger partial charge in [0.15, 0.2) is 0 Å². The lowest BCUT2D eigenvalue weighted by molar-refractivity contribution is -0.136. The molecule has 0 aromatic rings. The van der Waals surface area contributed by atoms with E-state index in [9.17, 15) is 14.4 Å². The predicted molar refractivity (Wildman–Crippen MR) is 71.2 cm³/mol. The number of nitrogens with two attached hydrogens (primary N) is 2. The van der Waals surface area contributed by atoms with Crippen molar-refractivity contribution in [2.75, 3.05) is 13.1 Å². The number of ether oxygens (including phenoxy) is 1. The maximum atomic E-state index is 11.2. The van der Waals surface area contributed by atoms with Gasteiger partial charge in [-0.2, -0.15) is 0 Å². The van der Waals surface area contributed by atoms with Crippen molar-refractivity contribution in [3.63, 3.8) is 0 Å². The Balaban J connectivity index is 2.04. The van der Waals surface area contributed by atoms with Gasteiger partial charge in [-0.15, -0.1) is 0 Å². The molecule has 20 heavy (non-hydrogen) atoms. The number of halogens is 1. The topological polar surface area (TPSA) is 128 Å². The summed E-state index contributed by atoms with van der Waals surface area (Å²) in [5.74, 6) is -0.581. The highest BCUT2D eigenvalue weighted by Gasteiger charge is 2.22. The molecule has 0 saturated heterocycles. The fourth-order valence-electron chi connectivity index (χ4n) is 1.59. The van der Waals surface area contributed by atoms with Gasteiger partial charge in [0.1, 0.15) is 0 Å². The lowest BCUT2D eigenvalue weighted by Gasteiger charge is -2.16. The van der Waals surface area contributed by atoms with E-state index in [1.54, 1.807) is 0 Å². The molecule has 112 valence electrons. The number of alkyl carbamates (subject to hydrolysis) is 1. The summed E-state index contributed by atoms with van der Waals surface area (Å²) in [6.45, 7) is 0.720. The van der Waals surface area contributed by atoms with Crippen LogP contribution in [0.3, 0.4) is 0 Å². The first kappa shape index (κ1) is 16.4. The molecule has 0 bridgehead atoms. The number of hydrogen-bond donors (Lipinski definition) is 3. The Labute approximate surface area is 121 Å². The van der Waals surface area contributed by atoms with Crippen LogP contribution in [-0.4, -0.2) is 41.2 Å². The van der Waals surface area contributed by atoms with Crippen molar-refractivity contribution in [2.45, 2.75) is 24.6 Å². The van der Waals surface area contributed by atoms with Gasteiger partial charge >= 0.3 is 6.09 Å². The van der Waals surface area contributed by atoms with Gasteiger partial charge in [0.25, 0.3) is 17.1 Å². The van der Waals surface area contributed by atoms with Gasteiger partial charge in [0, 0.05) is 25.2 Å². The number of hydrogen-bond acceptors (Lipinski definition) is 6. The number of nitrogens with zero attached hydrogens (tertiary/aromatic N) is 1. The quantitative estimate of drug-likeness (QED) is 0.193. The van der Waals surface area contributed by atoms with Crippen LogP contribution in [0.4, 0.5) is 4.79 Å². The average Bonchev–Trinajstić information content (AvgIpc) is 2.62. The van der Waals surface area contributed by atoms with E-state index in [2.05, 4.69) is 10.1 Å². The van der Waals surface area contributed by atoms with Gasteiger partial charge < -0.3 is 10.1 Å². The van der Waals surface area contributed by atoms with Crippen LogP contribution in [-0.2, 0) is 14.3 Å². The zero-order valence-corrected chi connectivity index (χ0v) is 11.6. The van der Waals surface area contributed by atoms with Crippen LogP contribution in [0.25, 0.3) is 0 Å². The molecular weight excluding hydrogens is 288 g/mol. The number of nitrogens with one attached hydrogen (secondary N) is 1. The van der Waals surface area contributed by atoms with Crippen molar-refractivity contribution in [2.24, 2.45) is 11.5 Å². The van der Waals surface area contributed by atoms with E-state index >= 15 is 0 Å². The number of amides is 3. The normalized spacial score (nSPS) is 14.8. The molecular formula is C11H17ClN4O4. The Morgan fingerprint density at radius 2 is 1.85 bits per heavy atom. The lowest BCUT2D eigenvalue weighted by Crippen LogP contribution is -2.49. The number of alkyl halides is 1. The molecule has 3 amide bonds. The summed E-state index contributed by atoms with van der Waals surface area (Å²) in [6, 6.07) is 0. The molecule has 8 nitrogen and oxygen atoms in total. The van der Waals surface area contributed by atoms with Gasteiger partial charge in [-0.1, -0.05) is 0 Å². The second-order valence-corrected chi connectivity index (χ2v) is 4.83. The number of rotatable bonds is 7. The Bertz CT molecular complexity index is 401. The van der Waals surface area contributed by atoms with Crippen LogP contribution in [0.2, 0.25) is 0 Å². The summed E-state index contributed by atoms with van der Waals surface area (Å²) < 4.78 is 4.42. The molecule has 5 N–H and O–H groups in total. The van der Waals surface area contributed by atoms with Crippen molar-refractivity contribution < 1.29 is 19.1 Å².